The van der Waals surface area contributed by atoms with Crippen LogP contribution < -0.4 is 5.32 Å². The molecule has 5 nitrogen and oxygen atoms in total. The van der Waals surface area contributed by atoms with Gasteiger partial charge in [-0.1, -0.05) is 18.2 Å². The Bertz CT molecular complexity index is 835. The molecule has 0 unspecified atom stereocenters. The average Bonchev–Trinajstić information content (AvgIpc) is 2.85. The van der Waals surface area contributed by atoms with Crippen molar-refractivity contribution >= 4 is 50.5 Å². The SMILES string of the molecule is O=C1NC(=Nc2ccccc2)SC1=Cc1cc(Br)c(O)cc1O. The minimum Gasteiger partial charge on any atom is -0.507 e. The van der Waals surface area contributed by atoms with E-state index in [1.807, 2.05) is 30.3 Å². The number of benzene rings is 2. The molecule has 0 bridgehead atoms. The zero-order valence-electron chi connectivity index (χ0n) is 11.7. The minimum atomic E-state index is -0.284. The van der Waals surface area contributed by atoms with Crippen molar-refractivity contribution in [3.63, 3.8) is 0 Å². The summed E-state index contributed by atoms with van der Waals surface area (Å²) < 4.78 is 0.434. The van der Waals surface area contributed by atoms with Crippen LogP contribution in [0.3, 0.4) is 0 Å². The number of rotatable bonds is 2. The van der Waals surface area contributed by atoms with E-state index < -0.39 is 0 Å². The Morgan fingerprint density at radius 2 is 1.87 bits per heavy atom. The molecule has 1 fully saturated rings. The first kappa shape index (κ1) is 15.6. The van der Waals surface area contributed by atoms with Crippen molar-refractivity contribution in [1.82, 2.24) is 5.32 Å². The molecule has 0 saturated carbocycles. The summed E-state index contributed by atoms with van der Waals surface area (Å²) in [6.45, 7) is 0. The van der Waals surface area contributed by atoms with Gasteiger partial charge >= 0.3 is 0 Å². The first-order chi connectivity index (χ1) is 11.0. The van der Waals surface area contributed by atoms with E-state index in [1.54, 1.807) is 6.08 Å². The van der Waals surface area contributed by atoms with Gasteiger partial charge in [0.25, 0.3) is 5.91 Å². The Labute approximate surface area is 144 Å². The molecule has 2 aromatic rings. The first-order valence-electron chi connectivity index (χ1n) is 6.59. The fourth-order valence-electron chi connectivity index (χ4n) is 1.92. The number of amidine groups is 1. The number of para-hydroxylation sites is 1. The van der Waals surface area contributed by atoms with Crippen molar-refractivity contribution in [1.29, 1.82) is 0 Å². The summed E-state index contributed by atoms with van der Waals surface area (Å²) in [7, 11) is 0. The quantitative estimate of drug-likeness (QED) is 0.681. The van der Waals surface area contributed by atoms with Crippen molar-refractivity contribution < 1.29 is 15.0 Å². The zero-order valence-corrected chi connectivity index (χ0v) is 14.1. The summed E-state index contributed by atoms with van der Waals surface area (Å²) in [6.07, 6.45) is 1.55. The predicted octanol–water partition coefficient (Wildman–Crippen LogP) is 3.75. The van der Waals surface area contributed by atoms with Crippen LogP contribution in [-0.4, -0.2) is 21.3 Å². The van der Waals surface area contributed by atoms with Crippen LogP contribution in [0.1, 0.15) is 5.56 Å². The van der Waals surface area contributed by atoms with Gasteiger partial charge in [0.1, 0.15) is 11.5 Å². The Morgan fingerprint density at radius 3 is 2.61 bits per heavy atom. The molecule has 0 aromatic heterocycles. The molecule has 3 N–H and O–H groups in total. The number of phenols is 2. The summed E-state index contributed by atoms with van der Waals surface area (Å²) in [6, 6.07) is 12.0. The molecule has 7 heteroatoms. The van der Waals surface area contributed by atoms with E-state index in [0.29, 0.717) is 20.1 Å². The molecule has 0 spiro atoms. The molecular formula is C16H11BrN2O3S. The van der Waals surface area contributed by atoms with Crippen LogP contribution in [0.25, 0.3) is 6.08 Å². The Kier molecular flexibility index (Phi) is 4.40. The molecule has 0 atom stereocenters. The molecule has 1 aliphatic heterocycles. The highest BCUT2D eigenvalue weighted by Crippen LogP contribution is 2.35. The molecule has 2 aromatic carbocycles. The molecule has 1 saturated heterocycles. The number of hydrogen-bond acceptors (Lipinski definition) is 5. The monoisotopic (exact) mass is 390 g/mol. The Hall–Kier alpha value is -2.25. The van der Waals surface area contributed by atoms with Gasteiger partial charge in [-0.2, -0.15) is 0 Å². The third-order valence-electron chi connectivity index (χ3n) is 3.02. The number of thioether (sulfide) groups is 1. The molecule has 0 aliphatic carbocycles. The number of aromatic hydroxyl groups is 2. The zero-order chi connectivity index (χ0) is 16.4. The van der Waals surface area contributed by atoms with E-state index >= 15 is 0 Å². The fraction of sp³-hybridized carbons (Fsp3) is 0. The maximum absolute atomic E-state index is 12.0. The summed E-state index contributed by atoms with van der Waals surface area (Å²) >= 11 is 4.37. The van der Waals surface area contributed by atoms with Crippen molar-refractivity contribution in [2.45, 2.75) is 0 Å². The van der Waals surface area contributed by atoms with Gasteiger partial charge in [-0.25, -0.2) is 4.99 Å². The van der Waals surface area contributed by atoms with Gasteiger partial charge in [-0.15, -0.1) is 0 Å². The van der Waals surface area contributed by atoms with Crippen molar-refractivity contribution in [2.24, 2.45) is 4.99 Å². The molecule has 23 heavy (non-hydrogen) atoms. The number of carbonyl (C=O) groups excluding carboxylic acids is 1. The number of carbonyl (C=O) groups is 1. The number of amides is 1. The van der Waals surface area contributed by atoms with Crippen molar-refractivity contribution in [3.05, 3.63) is 57.4 Å². The van der Waals surface area contributed by atoms with Crippen LogP contribution in [0.4, 0.5) is 5.69 Å². The molecule has 1 amide bonds. The number of halogens is 1. The standard InChI is InChI=1S/C16H11BrN2O3S/c17-11-6-9(12(20)8-13(11)21)7-14-15(22)19-16(23-14)18-10-4-2-1-3-5-10/h1-8,20-21H,(H,18,19,22). The normalized spacial score (nSPS) is 17.7. The lowest BCUT2D eigenvalue weighted by Crippen LogP contribution is -2.19. The molecule has 0 radical (unpaired) electrons. The topological polar surface area (TPSA) is 81.9 Å². The summed E-state index contributed by atoms with van der Waals surface area (Å²) in [5.41, 5.74) is 1.17. The second kappa shape index (κ2) is 6.47. The minimum absolute atomic E-state index is 0.0699. The third-order valence-corrected chi connectivity index (χ3v) is 4.57. The maximum atomic E-state index is 12.0. The van der Waals surface area contributed by atoms with Crippen molar-refractivity contribution in [3.8, 4) is 11.5 Å². The van der Waals surface area contributed by atoms with Crippen LogP contribution in [0.15, 0.2) is 56.8 Å². The van der Waals surface area contributed by atoms with E-state index in [9.17, 15) is 15.0 Å². The molecule has 116 valence electrons. The van der Waals surface area contributed by atoms with Gasteiger partial charge in [0, 0.05) is 11.6 Å². The van der Waals surface area contributed by atoms with Crippen LogP contribution in [0.5, 0.6) is 11.5 Å². The number of phenolic OH excluding ortho intramolecular Hbond substituents is 2. The summed E-state index contributed by atoms with van der Waals surface area (Å²) in [4.78, 5) is 16.8. The van der Waals surface area contributed by atoms with Crippen LogP contribution in [-0.2, 0) is 4.79 Å². The summed E-state index contributed by atoms with van der Waals surface area (Å²) in [5, 5.41) is 22.5. The van der Waals surface area contributed by atoms with Crippen LogP contribution in [0, 0.1) is 0 Å². The molecule has 3 rings (SSSR count). The van der Waals surface area contributed by atoms with Crippen LogP contribution >= 0.6 is 27.7 Å². The lowest BCUT2D eigenvalue weighted by molar-refractivity contribution is -0.115. The average molecular weight is 391 g/mol. The first-order valence-corrected chi connectivity index (χ1v) is 8.20. The van der Waals surface area contributed by atoms with E-state index in [4.69, 9.17) is 0 Å². The number of hydrogen-bond donors (Lipinski definition) is 3. The second-order valence-electron chi connectivity index (χ2n) is 4.68. The third kappa shape index (κ3) is 3.57. The Balaban J connectivity index is 1.89. The predicted molar refractivity (Wildman–Crippen MR) is 94.7 cm³/mol. The van der Waals surface area contributed by atoms with Gasteiger partial charge in [0.2, 0.25) is 0 Å². The second-order valence-corrected chi connectivity index (χ2v) is 6.56. The van der Waals surface area contributed by atoms with E-state index in [1.165, 1.54) is 23.9 Å². The number of aliphatic imine (C=N–C) groups is 1. The van der Waals surface area contributed by atoms with E-state index in [0.717, 1.165) is 5.69 Å². The van der Waals surface area contributed by atoms with E-state index in [-0.39, 0.29) is 17.4 Å². The highest BCUT2D eigenvalue weighted by Gasteiger charge is 2.24. The van der Waals surface area contributed by atoms with Gasteiger partial charge in [0.05, 0.1) is 15.1 Å². The van der Waals surface area contributed by atoms with Gasteiger partial charge in [-0.05, 0) is 52.0 Å². The highest BCUT2D eigenvalue weighted by molar-refractivity contribution is 9.10. The Morgan fingerprint density at radius 1 is 1.13 bits per heavy atom. The maximum Gasteiger partial charge on any atom is 0.264 e. The smallest absolute Gasteiger partial charge is 0.264 e. The fourth-order valence-corrected chi connectivity index (χ4v) is 3.12. The van der Waals surface area contributed by atoms with Crippen LogP contribution in [0.2, 0.25) is 0 Å². The summed E-state index contributed by atoms with van der Waals surface area (Å²) in [5.74, 6) is -0.465. The van der Waals surface area contributed by atoms with Crippen molar-refractivity contribution in [2.75, 3.05) is 0 Å². The van der Waals surface area contributed by atoms with Gasteiger partial charge in [-0.3, -0.25) is 4.79 Å². The lowest BCUT2D eigenvalue weighted by atomic mass is 10.1. The largest absolute Gasteiger partial charge is 0.507 e. The molecular weight excluding hydrogens is 380 g/mol. The lowest BCUT2D eigenvalue weighted by Gasteiger charge is -2.03. The van der Waals surface area contributed by atoms with Gasteiger partial charge < -0.3 is 15.5 Å². The number of nitrogens with zero attached hydrogens (tertiary/aromatic N) is 1. The molecule has 1 aliphatic rings. The number of nitrogens with one attached hydrogen (secondary N) is 1. The highest BCUT2D eigenvalue weighted by atomic mass is 79.9. The van der Waals surface area contributed by atoms with Gasteiger partial charge in [0.15, 0.2) is 5.17 Å². The van der Waals surface area contributed by atoms with E-state index in [2.05, 4.69) is 26.2 Å². The molecule has 1 heterocycles.